The van der Waals surface area contributed by atoms with Crippen LogP contribution in [0.1, 0.15) is 39.4 Å². The minimum absolute atomic E-state index is 0.136. The smallest absolute Gasteiger partial charge is 0.264 e. The number of ketones is 1. The number of Topliss-reactive ketones (excluding diaryl/α,β-unsaturated/α-hetero) is 1. The lowest BCUT2D eigenvalue weighted by molar-refractivity contribution is -0.136. The largest absolute Gasteiger partial charge is 0.458 e. The molecule has 0 bridgehead atoms. The van der Waals surface area contributed by atoms with E-state index in [1.807, 2.05) is 37.3 Å². The maximum absolute atomic E-state index is 13.3. The highest BCUT2D eigenvalue weighted by Gasteiger charge is 2.51. The van der Waals surface area contributed by atoms with E-state index in [1.54, 1.807) is 31.2 Å². The molecule has 0 saturated carbocycles. The van der Waals surface area contributed by atoms with Gasteiger partial charge in [0.1, 0.15) is 5.76 Å². The van der Waals surface area contributed by atoms with Crippen LogP contribution in [-0.2, 0) is 16.9 Å². The zero-order chi connectivity index (χ0) is 20.8. The van der Waals surface area contributed by atoms with Crippen molar-refractivity contribution in [2.75, 3.05) is 4.90 Å². The average molecular weight is 454 g/mol. The van der Waals surface area contributed by atoms with Gasteiger partial charge in [-0.1, -0.05) is 45.8 Å². The number of rotatable bonds is 5. The molecule has 6 heteroatoms. The molecule has 1 aromatic heterocycles. The topological polar surface area (TPSA) is 70.8 Å². The fourth-order valence-electron chi connectivity index (χ4n) is 3.63. The van der Waals surface area contributed by atoms with E-state index in [-0.39, 0.29) is 12.2 Å². The van der Waals surface area contributed by atoms with Gasteiger partial charge in [0.2, 0.25) is 5.78 Å². The molecule has 1 aliphatic rings. The van der Waals surface area contributed by atoms with Gasteiger partial charge >= 0.3 is 0 Å². The summed E-state index contributed by atoms with van der Waals surface area (Å²) >= 11 is 3.40. The fourth-order valence-corrected chi connectivity index (χ4v) is 3.99. The Hall–Kier alpha value is -2.70. The zero-order valence-electron chi connectivity index (χ0n) is 16.1. The van der Waals surface area contributed by atoms with Gasteiger partial charge in [-0.25, -0.2) is 0 Å². The quantitative estimate of drug-likeness (QED) is 0.569. The molecule has 2 aromatic carbocycles. The molecule has 2 heterocycles. The second kappa shape index (κ2) is 7.28. The molecule has 0 saturated heterocycles. The summed E-state index contributed by atoms with van der Waals surface area (Å²) in [4.78, 5) is 27.6. The van der Waals surface area contributed by atoms with Gasteiger partial charge in [-0.15, -0.1) is 0 Å². The number of halogens is 1. The number of carbonyl (C=O) groups is 2. The highest BCUT2D eigenvalue weighted by atomic mass is 79.9. The first-order valence-corrected chi connectivity index (χ1v) is 10.1. The van der Waals surface area contributed by atoms with Gasteiger partial charge in [-0.2, -0.15) is 0 Å². The first kappa shape index (κ1) is 19.6. The van der Waals surface area contributed by atoms with Crippen LogP contribution in [0.5, 0.6) is 0 Å². The van der Waals surface area contributed by atoms with Crippen LogP contribution in [0.15, 0.2) is 63.5 Å². The van der Waals surface area contributed by atoms with E-state index in [0.717, 1.165) is 15.6 Å². The average Bonchev–Trinajstić information content (AvgIpc) is 3.20. The Kier molecular flexibility index (Phi) is 4.92. The van der Waals surface area contributed by atoms with Crippen LogP contribution in [0.25, 0.3) is 0 Å². The Morgan fingerprint density at radius 1 is 1.10 bits per heavy atom. The maximum atomic E-state index is 13.3. The Morgan fingerprint density at radius 2 is 1.83 bits per heavy atom. The minimum Gasteiger partial charge on any atom is -0.458 e. The second-order valence-electron chi connectivity index (χ2n) is 7.41. The van der Waals surface area contributed by atoms with Gasteiger partial charge in [0, 0.05) is 10.0 Å². The highest BCUT2D eigenvalue weighted by molar-refractivity contribution is 9.10. The van der Waals surface area contributed by atoms with Gasteiger partial charge in [0.05, 0.1) is 18.7 Å². The third kappa shape index (κ3) is 3.54. The molecule has 0 radical (unpaired) electrons. The van der Waals surface area contributed by atoms with Gasteiger partial charge in [0.25, 0.3) is 5.91 Å². The SMILES string of the molecule is Cc1ccc(CN2C(=O)[C@@](O)(CC(=O)c3ccc(C)o3)c3cc(Br)ccc32)cc1. The van der Waals surface area contributed by atoms with E-state index in [9.17, 15) is 14.7 Å². The van der Waals surface area contributed by atoms with E-state index in [0.29, 0.717) is 23.6 Å². The summed E-state index contributed by atoms with van der Waals surface area (Å²) in [5, 5.41) is 11.4. The number of aryl methyl sites for hydroxylation is 2. The van der Waals surface area contributed by atoms with E-state index < -0.39 is 17.3 Å². The summed E-state index contributed by atoms with van der Waals surface area (Å²) in [6.45, 7) is 4.05. The number of hydrogen-bond donors (Lipinski definition) is 1. The lowest BCUT2D eigenvalue weighted by atomic mass is 9.89. The van der Waals surface area contributed by atoms with Gasteiger partial charge in [0.15, 0.2) is 11.4 Å². The Morgan fingerprint density at radius 3 is 2.48 bits per heavy atom. The predicted octanol–water partition coefficient (Wildman–Crippen LogP) is 4.67. The first-order chi connectivity index (χ1) is 13.8. The number of aliphatic hydroxyl groups is 1. The molecule has 0 aliphatic carbocycles. The van der Waals surface area contributed by atoms with E-state index in [2.05, 4.69) is 15.9 Å². The van der Waals surface area contributed by atoms with Gasteiger partial charge in [-0.3, -0.25) is 9.59 Å². The summed E-state index contributed by atoms with van der Waals surface area (Å²) in [5.41, 5.74) is 1.14. The fraction of sp³-hybridized carbons (Fsp3) is 0.217. The number of hydrogen-bond acceptors (Lipinski definition) is 4. The summed E-state index contributed by atoms with van der Waals surface area (Å²) in [7, 11) is 0. The molecule has 148 valence electrons. The van der Waals surface area contributed by atoms with Crippen molar-refractivity contribution in [2.24, 2.45) is 0 Å². The molecule has 0 fully saturated rings. The van der Waals surface area contributed by atoms with Crippen molar-refractivity contribution in [2.45, 2.75) is 32.4 Å². The van der Waals surface area contributed by atoms with Gasteiger partial charge < -0.3 is 14.4 Å². The molecular weight excluding hydrogens is 434 g/mol. The molecule has 3 aromatic rings. The lowest BCUT2D eigenvalue weighted by Crippen LogP contribution is -2.41. The number of anilines is 1. The third-order valence-electron chi connectivity index (χ3n) is 5.19. The van der Waals surface area contributed by atoms with Crippen LogP contribution < -0.4 is 4.90 Å². The lowest BCUT2D eigenvalue weighted by Gasteiger charge is -2.22. The number of fused-ring (bicyclic) bond motifs is 1. The Bertz CT molecular complexity index is 1100. The van der Waals surface area contributed by atoms with Crippen LogP contribution >= 0.6 is 15.9 Å². The Balaban J connectivity index is 1.71. The molecule has 0 unspecified atom stereocenters. The van der Waals surface area contributed by atoms with Crippen molar-refractivity contribution in [3.63, 3.8) is 0 Å². The molecule has 1 atom stereocenters. The standard InChI is InChI=1S/C23H20BrNO4/c1-14-3-6-16(7-4-14)13-25-19-9-8-17(24)11-18(19)23(28,22(25)27)12-20(26)21-10-5-15(2)29-21/h3-11,28H,12-13H2,1-2H3/t23-/m1/s1. The summed E-state index contributed by atoms with van der Waals surface area (Å²) in [6, 6.07) is 16.4. The molecular formula is C23H20BrNO4. The number of nitrogens with zero attached hydrogens (tertiary/aromatic N) is 1. The number of amides is 1. The highest BCUT2D eigenvalue weighted by Crippen LogP contribution is 2.44. The number of furan rings is 1. The molecule has 1 N–H and O–H groups in total. The van der Waals surface area contributed by atoms with Gasteiger partial charge in [-0.05, 0) is 49.7 Å². The zero-order valence-corrected chi connectivity index (χ0v) is 17.7. The van der Waals surface area contributed by atoms with Crippen molar-refractivity contribution in [1.82, 2.24) is 0 Å². The number of benzene rings is 2. The van der Waals surface area contributed by atoms with Crippen LogP contribution in [0.2, 0.25) is 0 Å². The minimum atomic E-state index is -1.94. The predicted molar refractivity (Wildman–Crippen MR) is 113 cm³/mol. The molecule has 1 aliphatic heterocycles. The van der Waals surface area contributed by atoms with Crippen molar-refractivity contribution >= 4 is 33.3 Å². The van der Waals surface area contributed by atoms with Crippen LogP contribution in [0, 0.1) is 13.8 Å². The monoisotopic (exact) mass is 453 g/mol. The molecule has 4 rings (SSSR count). The first-order valence-electron chi connectivity index (χ1n) is 9.27. The van der Waals surface area contributed by atoms with Crippen LogP contribution in [0.4, 0.5) is 5.69 Å². The van der Waals surface area contributed by atoms with E-state index in [4.69, 9.17) is 4.42 Å². The van der Waals surface area contributed by atoms with Crippen molar-refractivity contribution in [1.29, 1.82) is 0 Å². The van der Waals surface area contributed by atoms with Crippen LogP contribution in [0.3, 0.4) is 0 Å². The maximum Gasteiger partial charge on any atom is 0.264 e. The third-order valence-corrected chi connectivity index (χ3v) is 5.68. The summed E-state index contributed by atoms with van der Waals surface area (Å²) in [6.07, 6.45) is -0.382. The van der Waals surface area contributed by atoms with Crippen molar-refractivity contribution < 1.29 is 19.1 Å². The Labute approximate surface area is 177 Å². The van der Waals surface area contributed by atoms with E-state index in [1.165, 1.54) is 4.90 Å². The number of carbonyl (C=O) groups excluding carboxylic acids is 2. The van der Waals surface area contributed by atoms with Crippen molar-refractivity contribution in [3.8, 4) is 0 Å². The van der Waals surface area contributed by atoms with Crippen LogP contribution in [-0.4, -0.2) is 16.8 Å². The summed E-state index contributed by atoms with van der Waals surface area (Å²) < 4.78 is 6.11. The molecule has 5 nitrogen and oxygen atoms in total. The summed E-state index contributed by atoms with van der Waals surface area (Å²) in [5.74, 6) is -0.195. The normalized spacial score (nSPS) is 18.2. The molecule has 0 spiro atoms. The molecule has 1 amide bonds. The second-order valence-corrected chi connectivity index (χ2v) is 8.32. The van der Waals surface area contributed by atoms with Crippen molar-refractivity contribution in [3.05, 3.63) is 87.3 Å². The van der Waals surface area contributed by atoms with E-state index >= 15 is 0 Å². The molecule has 29 heavy (non-hydrogen) atoms.